The summed E-state index contributed by atoms with van der Waals surface area (Å²) < 4.78 is 23.1. The molecule has 0 radical (unpaired) electrons. The molecule has 7 heteroatoms. The number of sulfone groups is 1. The standard InChI is InChI=1S/C11H20N2O4S/c1-3-6-18(16,17)7-5-13-10(14)8-12-9(4-2)11(13)15/h9,12H,3-8H2,1-2H3. The van der Waals surface area contributed by atoms with E-state index >= 15 is 0 Å². The first-order valence-corrected chi connectivity index (χ1v) is 8.01. The summed E-state index contributed by atoms with van der Waals surface area (Å²) in [6.45, 7) is 3.69. The molecule has 1 unspecified atom stereocenters. The van der Waals surface area contributed by atoms with Gasteiger partial charge >= 0.3 is 0 Å². The molecule has 0 aliphatic carbocycles. The van der Waals surface area contributed by atoms with E-state index in [-0.39, 0.29) is 42.5 Å². The quantitative estimate of drug-likeness (QED) is 0.664. The van der Waals surface area contributed by atoms with Gasteiger partial charge in [0.15, 0.2) is 9.84 Å². The Bertz CT molecular complexity index is 419. The Balaban J connectivity index is 2.64. The molecule has 1 atom stereocenters. The van der Waals surface area contributed by atoms with Crippen LogP contribution in [0.5, 0.6) is 0 Å². The van der Waals surface area contributed by atoms with E-state index in [9.17, 15) is 18.0 Å². The van der Waals surface area contributed by atoms with Crippen LogP contribution in [-0.2, 0) is 19.4 Å². The molecule has 6 nitrogen and oxygen atoms in total. The topological polar surface area (TPSA) is 83.6 Å². The van der Waals surface area contributed by atoms with E-state index in [4.69, 9.17) is 0 Å². The van der Waals surface area contributed by atoms with Crippen LogP contribution in [0.1, 0.15) is 26.7 Å². The minimum absolute atomic E-state index is 0.0296. The number of nitrogens with one attached hydrogen (secondary N) is 1. The van der Waals surface area contributed by atoms with Crippen LogP contribution in [0.4, 0.5) is 0 Å². The Kier molecular flexibility index (Phi) is 5.28. The number of nitrogens with zero attached hydrogens (tertiary/aromatic N) is 1. The predicted molar refractivity (Wildman–Crippen MR) is 67.7 cm³/mol. The van der Waals surface area contributed by atoms with Crippen molar-refractivity contribution < 1.29 is 18.0 Å². The van der Waals surface area contributed by atoms with Gasteiger partial charge in [-0.05, 0) is 12.8 Å². The number of imide groups is 1. The van der Waals surface area contributed by atoms with Crippen molar-refractivity contribution in [2.24, 2.45) is 0 Å². The van der Waals surface area contributed by atoms with Gasteiger partial charge in [-0.15, -0.1) is 0 Å². The van der Waals surface area contributed by atoms with Crippen molar-refractivity contribution in [1.29, 1.82) is 0 Å². The van der Waals surface area contributed by atoms with Crippen molar-refractivity contribution in [3.63, 3.8) is 0 Å². The molecule has 0 spiro atoms. The highest BCUT2D eigenvalue weighted by molar-refractivity contribution is 7.91. The first-order valence-electron chi connectivity index (χ1n) is 6.19. The Labute approximate surface area is 108 Å². The van der Waals surface area contributed by atoms with Gasteiger partial charge in [0.25, 0.3) is 0 Å². The zero-order chi connectivity index (χ0) is 13.8. The van der Waals surface area contributed by atoms with Gasteiger partial charge in [-0.1, -0.05) is 13.8 Å². The number of piperazine rings is 1. The zero-order valence-electron chi connectivity index (χ0n) is 10.8. The van der Waals surface area contributed by atoms with Gasteiger partial charge in [-0.2, -0.15) is 0 Å². The fourth-order valence-electron chi connectivity index (χ4n) is 1.90. The summed E-state index contributed by atoms with van der Waals surface area (Å²) in [5, 5.41) is 2.83. The van der Waals surface area contributed by atoms with Crippen molar-refractivity contribution in [2.45, 2.75) is 32.7 Å². The van der Waals surface area contributed by atoms with Crippen LogP contribution in [-0.4, -0.2) is 55.8 Å². The van der Waals surface area contributed by atoms with Crippen LogP contribution >= 0.6 is 0 Å². The van der Waals surface area contributed by atoms with Gasteiger partial charge in [0, 0.05) is 12.3 Å². The molecule has 1 heterocycles. The maximum Gasteiger partial charge on any atom is 0.246 e. The number of amides is 2. The van der Waals surface area contributed by atoms with Crippen molar-refractivity contribution >= 4 is 21.7 Å². The van der Waals surface area contributed by atoms with Crippen molar-refractivity contribution in [3.05, 3.63) is 0 Å². The average molecular weight is 276 g/mol. The molecular formula is C11H20N2O4S. The van der Waals surface area contributed by atoms with Gasteiger partial charge in [-0.3, -0.25) is 19.8 Å². The molecular weight excluding hydrogens is 256 g/mol. The van der Waals surface area contributed by atoms with Crippen LogP contribution in [0, 0.1) is 0 Å². The van der Waals surface area contributed by atoms with Gasteiger partial charge in [-0.25, -0.2) is 8.42 Å². The highest BCUT2D eigenvalue weighted by Gasteiger charge is 2.33. The number of rotatable bonds is 6. The molecule has 1 rings (SSSR count). The lowest BCUT2D eigenvalue weighted by atomic mass is 10.1. The molecule has 104 valence electrons. The second-order valence-corrected chi connectivity index (χ2v) is 6.68. The summed E-state index contributed by atoms with van der Waals surface area (Å²) >= 11 is 0. The first-order chi connectivity index (χ1) is 8.41. The summed E-state index contributed by atoms with van der Waals surface area (Å²) in [4.78, 5) is 24.5. The molecule has 0 aromatic rings. The first kappa shape index (κ1) is 15.1. The summed E-state index contributed by atoms with van der Waals surface area (Å²) in [5.74, 6) is -0.718. The third-order valence-corrected chi connectivity index (χ3v) is 4.75. The maximum atomic E-state index is 11.9. The highest BCUT2D eigenvalue weighted by atomic mass is 32.2. The average Bonchev–Trinajstić information content (AvgIpc) is 2.28. The van der Waals surface area contributed by atoms with Gasteiger partial charge in [0.05, 0.1) is 18.3 Å². The monoisotopic (exact) mass is 276 g/mol. The third-order valence-electron chi connectivity index (χ3n) is 2.91. The smallest absolute Gasteiger partial charge is 0.246 e. The number of carbonyl (C=O) groups excluding carboxylic acids is 2. The lowest BCUT2D eigenvalue weighted by Crippen LogP contribution is -2.58. The van der Waals surface area contributed by atoms with Crippen LogP contribution < -0.4 is 5.32 Å². The van der Waals surface area contributed by atoms with Crippen molar-refractivity contribution in [1.82, 2.24) is 10.2 Å². The Morgan fingerprint density at radius 2 is 1.94 bits per heavy atom. The van der Waals surface area contributed by atoms with Crippen LogP contribution in [0.2, 0.25) is 0 Å². The molecule has 1 aliphatic heterocycles. The van der Waals surface area contributed by atoms with Crippen molar-refractivity contribution in [2.75, 3.05) is 24.6 Å². The lowest BCUT2D eigenvalue weighted by molar-refractivity contribution is -0.148. The second kappa shape index (κ2) is 6.29. The second-order valence-electron chi connectivity index (χ2n) is 4.38. The Morgan fingerprint density at radius 3 is 2.50 bits per heavy atom. The number of hydrogen-bond donors (Lipinski definition) is 1. The van der Waals surface area contributed by atoms with Crippen molar-refractivity contribution in [3.8, 4) is 0 Å². The SMILES string of the molecule is CCCS(=O)(=O)CCN1C(=O)CNC(CC)C1=O. The van der Waals surface area contributed by atoms with E-state index < -0.39 is 9.84 Å². The van der Waals surface area contributed by atoms with Crippen LogP contribution in [0.25, 0.3) is 0 Å². The molecule has 0 aromatic carbocycles. The summed E-state index contributed by atoms with van der Waals surface area (Å²) in [6, 6.07) is -0.378. The molecule has 1 aliphatic rings. The Morgan fingerprint density at radius 1 is 1.28 bits per heavy atom. The molecule has 1 fully saturated rings. The van der Waals surface area contributed by atoms with E-state index in [0.717, 1.165) is 4.90 Å². The van der Waals surface area contributed by atoms with Crippen LogP contribution in [0.15, 0.2) is 0 Å². The number of carbonyl (C=O) groups is 2. The van der Waals surface area contributed by atoms with Gasteiger partial charge < -0.3 is 0 Å². The van der Waals surface area contributed by atoms with Gasteiger partial charge in [0.1, 0.15) is 0 Å². The third kappa shape index (κ3) is 3.78. The molecule has 18 heavy (non-hydrogen) atoms. The lowest BCUT2D eigenvalue weighted by Gasteiger charge is -2.30. The van der Waals surface area contributed by atoms with Gasteiger partial charge in [0.2, 0.25) is 11.8 Å². The van der Waals surface area contributed by atoms with E-state index in [0.29, 0.717) is 12.8 Å². The predicted octanol–water partition coefficient (Wildman–Crippen LogP) is -0.452. The molecule has 0 bridgehead atoms. The summed E-state index contributed by atoms with van der Waals surface area (Å²) in [6.07, 6.45) is 1.13. The van der Waals surface area contributed by atoms with E-state index in [1.165, 1.54) is 0 Å². The highest BCUT2D eigenvalue weighted by Crippen LogP contribution is 2.07. The molecule has 0 aromatic heterocycles. The number of hydrogen-bond acceptors (Lipinski definition) is 5. The zero-order valence-corrected chi connectivity index (χ0v) is 11.6. The normalized spacial score (nSPS) is 21.4. The molecule has 1 N–H and O–H groups in total. The molecule has 2 amide bonds. The molecule has 1 saturated heterocycles. The molecule has 0 saturated carbocycles. The Hall–Kier alpha value is -0.950. The fraction of sp³-hybridized carbons (Fsp3) is 0.818. The summed E-state index contributed by atoms with van der Waals surface area (Å²) in [5.41, 5.74) is 0. The van der Waals surface area contributed by atoms with E-state index in [1.54, 1.807) is 6.92 Å². The largest absolute Gasteiger partial charge is 0.297 e. The maximum absolute atomic E-state index is 11.9. The van der Waals surface area contributed by atoms with E-state index in [2.05, 4.69) is 5.32 Å². The van der Waals surface area contributed by atoms with E-state index in [1.807, 2.05) is 6.92 Å². The minimum atomic E-state index is -3.17. The summed E-state index contributed by atoms with van der Waals surface area (Å²) in [7, 11) is -3.17. The fourth-order valence-corrected chi connectivity index (χ4v) is 3.19. The van der Waals surface area contributed by atoms with Crippen LogP contribution in [0.3, 0.4) is 0 Å². The minimum Gasteiger partial charge on any atom is -0.297 e.